The molecule has 0 aliphatic heterocycles. The normalized spacial score (nSPS) is 10.4. The van der Waals surface area contributed by atoms with E-state index in [1.807, 2.05) is 6.07 Å². The predicted octanol–water partition coefficient (Wildman–Crippen LogP) is 9.59. The summed E-state index contributed by atoms with van der Waals surface area (Å²) in [5, 5.41) is 8.90. The van der Waals surface area contributed by atoms with Crippen molar-refractivity contribution in [3.8, 4) is 40.2 Å². The molecule has 4 aromatic carbocycles. The SMILES string of the molecule is C=CC(=O)OCCCCCCOc1ccc(C(=O)Oc2ccc(-c3ccc(OC(=O)c4ccc(OCCCCCCOC(=O)C=C)cc4)cc3C(=O)OCCCC#N)cc2)cc1. The summed E-state index contributed by atoms with van der Waals surface area (Å²) in [4.78, 5) is 61.5. The average Bonchev–Trinajstić information content (AvgIpc) is 3.29. The number of unbranched alkanes of at least 4 members (excludes halogenated alkanes) is 7. The minimum atomic E-state index is -0.667. The van der Waals surface area contributed by atoms with Gasteiger partial charge in [-0.3, -0.25) is 0 Å². The number of ether oxygens (including phenoxy) is 7. The Morgan fingerprint density at radius 3 is 1.40 bits per heavy atom. The zero-order valence-corrected chi connectivity index (χ0v) is 34.7. The number of esters is 5. The molecule has 0 bridgehead atoms. The number of carbonyl (C=O) groups is 5. The van der Waals surface area contributed by atoms with Gasteiger partial charge >= 0.3 is 29.8 Å². The van der Waals surface area contributed by atoms with Crippen molar-refractivity contribution in [2.75, 3.05) is 33.0 Å². The van der Waals surface area contributed by atoms with Crippen LogP contribution in [0.25, 0.3) is 11.1 Å². The zero-order valence-electron chi connectivity index (χ0n) is 34.7. The van der Waals surface area contributed by atoms with Crippen LogP contribution in [0.2, 0.25) is 0 Å². The van der Waals surface area contributed by atoms with E-state index < -0.39 is 29.8 Å². The van der Waals surface area contributed by atoms with Crippen LogP contribution >= 0.6 is 0 Å². The fourth-order valence-electron chi connectivity index (χ4n) is 5.77. The quantitative estimate of drug-likeness (QED) is 0.0183. The smallest absolute Gasteiger partial charge is 0.343 e. The Kier molecular flexibility index (Phi) is 20.5. The molecule has 0 N–H and O–H groups in total. The molecule has 0 saturated heterocycles. The van der Waals surface area contributed by atoms with Gasteiger partial charge in [0.15, 0.2) is 0 Å². The van der Waals surface area contributed by atoms with E-state index in [1.54, 1.807) is 84.9 Å². The number of nitriles is 1. The monoisotopic (exact) mass is 845 g/mol. The van der Waals surface area contributed by atoms with Gasteiger partial charge in [0.1, 0.15) is 23.0 Å². The molecular weight excluding hydrogens is 795 g/mol. The molecule has 13 nitrogen and oxygen atoms in total. The highest BCUT2D eigenvalue weighted by Gasteiger charge is 2.19. The molecule has 0 radical (unpaired) electrons. The summed E-state index contributed by atoms with van der Waals surface area (Å²) in [6.07, 6.45) is 9.65. The van der Waals surface area contributed by atoms with Gasteiger partial charge in [0.2, 0.25) is 0 Å². The molecule has 0 fully saturated rings. The molecular formula is C49H51NO12. The largest absolute Gasteiger partial charge is 0.494 e. The Bertz CT molecular complexity index is 2140. The fraction of sp³-hybridized carbons (Fsp3) is 0.306. The van der Waals surface area contributed by atoms with Crippen molar-refractivity contribution in [3.05, 3.63) is 133 Å². The Morgan fingerprint density at radius 2 is 0.919 bits per heavy atom. The van der Waals surface area contributed by atoms with Crippen LogP contribution in [0.15, 0.2) is 116 Å². The highest BCUT2D eigenvalue weighted by molar-refractivity contribution is 5.98. The Hall–Kier alpha value is -7.20. The standard InChI is InChI=1S/C49H51NO12/c1-3-45(51)58-32-12-7-5-10-30-56-39-21-17-37(18-22-39)47(53)61-41-25-15-36(16-26-41)43-28-27-42(35-44(43)49(55)60-34-14-9-29-50)62-48(54)38-19-23-40(24-20-38)57-31-11-6-8-13-33-59-46(52)4-2/h3-4,15-28,35H,1-2,5-14,30-34H2. The lowest BCUT2D eigenvalue weighted by molar-refractivity contribution is -0.138. The van der Waals surface area contributed by atoms with Gasteiger partial charge in [-0.1, -0.05) is 25.3 Å². The second-order valence-corrected chi connectivity index (χ2v) is 13.7. The van der Waals surface area contributed by atoms with Crippen LogP contribution in [-0.2, 0) is 23.8 Å². The lowest BCUT2D eigenvalue weighted by Gasteiger charge is -2.13. The van der Waals surface area contributed by atoms with E-state index in [4.69, 9.17) is 38.4 Å². The number of nitrogens with zero attached hydrogens (tertiary/aromatic N) is 1. The van der Waals surface area contributed by atoms with Crippen LogP contribution in [0.1, 0.15) is 95.3 Å². The van der Waals surface area contributed by atoms with E-state index in [-0.39, 0.29) is 35.7 Å². The maximum atomic E-state index is 13.3. The minimum absolute atomic E-state index is 0.0253. The lowest BCUT2D eigenvalue weighted by Crippen LogP contribution is -2.11. The summed E-state index contributed by atoms with van der Waals surface area (Å²) in [5.74, 6) is -1.11. The van der Waals surface area contributed by atoms with Crippen molar-refractivity contribution in [1.82, 2.24) is 0 Å². The molecule has 4 aromatic rings. The predicted molar refractivity (Wildman–Crippen MR) is 230 cm³/mol. The van der Waals surface area contributed by atoms with Gasteiger partial charge in [0, 0.05) is 18.6 Å². The first kappa shape index (κ1) is 47.5. The Morgan fingerprint density at radius 1 is 0.484 bits per heavy atom. The topological polar surface area (TPSA) is 174 Å². The van der Waals surface area contributed by atoms with Crippen LogP contribution in [0.5, 0.6) is 23.0 Å². The maximum absolute atomic E-state index is 13.3. The molecule has 0 aliphatic carbocycles. The van der Waals surface area contributed by atoms with Crippen LogP contribution in [-0.4, -0.2) is 62.9 Å². The molecule has 0 spiro atoms. The van der Waals surface area contributed by atoms with Crippen molar-refractivity contribution in [3.63, 3.8) is 0 Å². The third-order valence-corrected chi connectivity index (χ3v) is 9.08. The van der Waals surface area contributed by atoms with E-state index in [0.29, 0.717) is 61.0 Å². The lowest BCUT2D eigenvalue weighted by atomic mass is 9.99. The van der Waals surface area contributed by atoms with E-state index in [9.17, 15) is 24.0 Å². The molecule has 324 valence electrons. The van der Waals surface area contributed by atoms with Gasteiger partial charge in [-0.05, 0) is 148 Å². The van der Waals surface area contributed by atoms with Crippen molar-refractivity contribution in [2.45, 2.75) is 64.2 Å². The minimum Gasteiger partial charge on any atom is -0.494 e. The van der Waals surface area contributed by atoms with E-state index in [2.05, 4.69) is 13.2 Å². The van der Waals surface area contributed by atoms with E-state index >= 15 is 0 Å². The number of carbonyl (C=O) groups excluding carboxylic acids is 5. The van der Waals surface area contributed by atoms with Gasteiger partial charge < -0.3 is 33.2 Å². The van der Waals surface area contributed by atoms with Crippen LogP contribution in [0, 0.1) is 11.3 Å². The van der Waals surface area contributed by atoms with Gasteiger partial charge in [-0.25, -0.2) is 24.0 Å². The Labute approximate surface area is 361 Å². The number of hydrogen-bond donors (Lipinski definition) is 0. The number of hydrogen-bond acceptors (Lipinski definition) is 13. The van der Waals surface area contributed by atoms with Gasteiger partial charge in [0.25, 0.3) is 0 Å². The third-order valence-electron chi connectivity index (χ3n) is 9.08. The Balaban J connectivity index is 1.30. The second-order valence-electron chi connectivity index (χ2n) is 13.7. The summed E-state index contributed by atoms with van der Waals surface area (Å²) in [7, 11) is 0. The summed E-state index contributed by atoms with van der Waals surface area (Å²) in [5.41, 5.74) is 1.82. The molecule has 0 atom stereocenters. The summed E-state index contributed by atoms with van der Waals surface area (Å²) >= 11 is 0. The van der Waals surface area contributed by atoms with Crippen LogP contribution < -0.4 is 18.9 Å². The first-order valence-corrected chi connectivity index (χ1v) is 20.5. The molecule has 0 heterocycles. The van der Waals surface area contributed by atoms with Crippen molar-refractivity contribution < 1.29 is 57.1 Å². The second kappa shape index (κ2) is 26.8. The summed E-state index contributed by atoms with van der Waals surface area (Å²) in [6, 6.07) is 26.4. The average molecular weight is 846 g/mol. The first-order valence-electron chi connectivity index (χ1n) is 20.5. The molecule has 62 heavy (non-hydrogen) atoms. The maximum Gasteiger partial charge on any atom is 0.343 e. The summed E-state index contributed by atoms with van der Waals surface area (Å²) in [6.45, 7) is 8.48. The van der Waals surface area contributed by atoms with Gasteiger partial charge in [0.05, 0.1) is 55.8 Å². The van der Waals surface area contributed by atoms with Crippen LogP contribution in [0.4, 0.5) is 0 Å². The molecule has 0 aromatic heterocycles. The molecule has 0 aliphatic rings. The van der Waals surface area contributed by atoms with Gasteiger partial charge in [-0.2, -0.15) is 5.26 Å². The zero-order chi connectivity index (χ0) is 44.4. The molecule has 13 heteroatoms. The third kappa shape index (κ3) is 16.8. The highest BCUT2D eigenvalue weighted by atomic mass is 16.5. The molecule has 4 rings (SSSR count). The van der Waals surface area contributed by atoms with Crippen molar-refractivity contribution in [1.29, 1.82) is 5.26 Å². The fourth-order valence-corrected chi connectivity index (χ4v) is 5.77. The number of rotatable bonds is 27. The highest BCUT2D eigenvalue weighted by Crippen LogP contribution is 2.31. The van der Waals surface area contributed by atoms with E-state index in [0.717, 1.165) is 63.5 Å². The molecule has 0 amide bonds. The van der Waals surface area contributed by atoms with Gasteiger partial charge in [-0.15, -0.1) is 0 Å². The molecule has 0 unspecified atom stereocenters. The van der Waals surface area contributed by atoms with Crippen molar-refractivity contribution in [2.24, 2.45) is 0 Å². The van der Waals surface area contributed by atoms with Crippen molar-refractivity contribution >= 4 is 29.8 Å². The molecule has 0 saturated carbocycles. The first-order chi connectivity index (χ1) is 30.2. The van der Waals surface area contributed by atoms with E-state index in [1.165, 1.54) is 6.07 Å². The number of benzene rings is 4. The summed E-state index contributed by atoms with van der Waals surface area (Å²) < 4.78 is 38.2. The van der Waals surface area contributed by atoms with Crippen LogP contribution in [0.3, 0.4) is 0 Å².